The molecule has 1 fully saturated rings. The molecule has 1 amide bonds. The molecule has 1 aliphatic rings. The number of carbonyl (C=O) groups excluding carboxylic acids is 1. The van der Waals surface area contributed by atoms with Crippen LogP contribution in [0.5, 0.6) is 11.5 Å². The molecule has 10 nitrogen and oxygen atoms in total. The summed E-state index contributed by atoms with van der Waals surface area (Å²) < 4.78 is 37.6. The maximum atomic E-state index is 13.0. The van der Waals surface area contributed by atoms with Gasteiger partial charge >= 0.3 is 0 Å². The number of nitro benzene ring substituents is 1. The Morgan fingerprint density at radius 1 is 1.10 bits per heavy atom. The van der Waals surface area contributed by atoms with Crippen molar-refractivity contribution < 1.29 is 27.6 Å². The van der Waals surface area contributed by atoms with E-state index >= 15 is 0 Å². The Hall–Kier alpha value is -3.18. The number of carbonyl (C=O) groups is 1. The Morgan fingerprint density at radius 3 is 2.39 bits per heavy atom. The summed E-state index contributed by atoms with van der Waals surface area (Å²) in [6, 6.07) is 10.1. The highest BCUT2D eigenvalue weighted by Gasteiger charge is 2.32. The lowest BCUT2D eigenvalue weighted by Crippen LogP contribution is -2.41. The van der Waals surface area contributed by atoms with E-state index in [1.807, 2.05) is 0 Å². The van der Waals surface area contributed by atoms with Gasteiger partial charge in [-0.15, -0.1) is 0 Å². The molecule has 0 atom stereocenters. The van der Waals surface area contributed by atoms with Crippen LogP contribution in [0.15, 0.2) is 47.4 Å². The van der Waals surface area contributed by atoms with Crippen LogP contribution in [0.3, 0.4) is 0 Å². The maximum absolute atomic E-state index is 13.0. The molecule has 2 aromatic rings. The molecular weight excluding hydrogens is 426 g/mol. The molecule has 0 saturated carbocycles. The molecule has 11 heteroatoms. The smallest absolute Gasteiger partial charge is 0.271 e. The van der Waals surface area contributed by atoms with Gasteiger partial charge in [0.1, 0.15) is 0 Å². The lowest BCUT2D eigenvalue weighted by Gasteiger charge is -2.30. The van der Waals surface area contributed by atoms with Gasteiger partial charge in [0.25, 0.3) is 5.69 Å². The number of benzene rings is 2. The predicted molar refractivity (Wildman–Crippen MR) is 113 cm³/mol. The molecule has 0 spiro atoms. The quantitative estimate of drug-likeness (QED) is 0.508. The minimum atomic E-state index is -3.75. The molecule has 0 bridgehead atoms. The topological polar surface area (TPSA) is 128 Å². The Bertz CT molecular complexity index is 1080. The van der Waals surface area contributed by atoms with Gasteiger partial charge < -0.3 is 14.8 Å². The number of amides is 1. The summed E-state index contributed by atoms with van der Waals surface area (Å²) in [6.45, 7) is 0.368. The predicted octanol–water partition coefficient (Wildman–Crippen LogP) is 2.65. The second-order valence-electron chi connectivity index (χ2n) is 6.99. The molecular formula is C20H23N3O7S. The van der Waals surface area contributed by atoms with E-state index in [1.165, 1.54) is 54.9 Å². The number of piperidine rings is 1. The first-order valence-electron chi connectivity index (χ1n) is 9.53. The molecule has 2 aromatic carbocycles. The van der Waals surface area contributed by atoms with Crippen LogP contribution in [-0.2, 0) is 14.8 Å². The van der Waals surface area contributed by atoms with Crippen LogP contribution >= 0.6 is 0 Å². The van der Waals surface area contributed by atoms with Crippen LogP contribution in [0, 0.1) is 16.0 Å². The van der Waals surface area contributed by atoms with Crippen molar-refractivity contribution in [3.63, 3.8) is 0 Å². The number of methoxy groups -OCH3 is 2. The number of nitrogens with zero attached hydrogens (tertiary/aromatic N) is 2. The molecule has 0 aromatic heterocycles. The van der Waals surface area contributed by atoms with Crippen molar-refractivity contribution in [2.45, 2.75) is 17.7 Å². The second-order valence-corrected chi connectivity index (χ2v) is 8.93. The minimum Gasteiger partial charge on any atom is -0.493 e. The normalized spacial score (nSPS) is 15.3. The lowest BCUT2D eigenvalue weighted by molar-refractivity contribution is -0.384. The third-order valence-corrected chi connectivity index (χ3v) is 7.04. The summed E-state index contributed by atoms with van der Waals surface area (Å²) in [5.74, 6) is 0.0625. The fourth-order valence-corrected chi connectivity index (χ4v) is 4.91. The van der Waals surface area contributed by atoms with Gasteiger partial charge in [0, 0.05) is 42.9 Å². The largest absolute Gasteiger partial charge is 0.493 e. The molecule has 1 aliphatic heterocycles. The molecule has 0 unspecified atom stereocenters. The number of anilines is 1. The van der Waals surface area contributed by atoms with E-state index in [9.17, 15) is 23.3 Å². The highest BCUT2D eigenvalue weighted by molar-refractivity contribution is 7.89. The zero-order chi connectivity index (χ0) is 22.6. The van der Waals surface area contributed by atoms with Crippen LogP contribution in [0.25, 0.3) is 0 Å². The van der Waals surface area contributed by atoms with Crippen LogP contribution < -0.4 is 14.8 Å². The van der Waals surface area contributed by atoms with Crippen molar-refractivity contribution in [2.75, 3.05) is 32.6 Å². The Balaban J connectivity index is 1.65. The summed E-state index contributed by atoms with van der Waals surface area (Å²) in [5, 5.41) is 13.6. The van der Waals surface area contributed by atoms with Gasteiger partial charge in [-0.3, -0.25) is 14.9 Å². The summed E-state index contributed by atoms with van der Waals surface area (Å²) in [5.41, 5.74) is 0.216. The summed E-state index contributed by atoms with van der Waals surface area (Å²) in [6.07, 6.45) is 0.681. The molecule has 1 heterocycles. The fraction of sp³-hybridized carbons (Fsp3) is 0.350. The van der Waals surface area contributed by atoms with E-state index in [1.54, 1.807) is 6.07 Å². The molecule has 3 rings (SSSR count). The van der Waals surface area contributed by atoms with Crippen molar-refractivity contribution in [1.29, 1.82) is 0 Å². The number of nitro groups is 1. The van der Waals surface area contributed by atoms with Crippen molar-refractivity contribution >= 4 is 27.3 Å². The highest BCUT2D eigenvalue weighted by Crippen LogP contribution is 2.32. The molecule has 31 heavy (non-hydrogen) atoms. The van der Waals surface area contributed by atoms with E-state index in [0.29, 0.717) is 30.0 Å². The van der Waals surface area contributed by atoms with E-state index in [2.05, 4.69) is 5.32 Å². The van der Waals surface area contributed by atoms with Gasteiger partial charge in [-0.05, 0) is 31.0 Å². The average molecular weight is 449 g/mol. The first kappa shape index (κ1) is 22.5. The zero-order valence-corrected chi connectivity index (χ0v) is 17.9. The monoisotopic (exact) mass is 449 g/mol. The number of nitrogens with one attached hydrogen (secondary N) is 1. The third kappa shape index (κ3) is 4.94. The van der Waals surface area contributed by atoms with Gasteiger partial charge in [-0.25, -0.2) is 8.42 Å². The van der Waals surface area contributed by atoms with Crippen LogP contribution in [-0.4, -0.2) is 50.9 Å². The number of hydrogen-bond donors (Lipinski definition) is 1. The van der Waals surface area contributed by atoms with Gasteiger partial charge in [-0.2, -0.15) is 4.31 Å². The van der Waals surface area contributed by atoms with E-state index in [-0.39, 0.29) is 29.6 Å². The maximum Gasteiger partial charge on any atom is 0.271 e. The molecule has 166 valence electrons. The minimum absolute atomic E-state index is 0.0876. The van der Waals surface area contributed by atoms with Gasteiger partial charge in [-0.1, -0.05) is 6.07 Å². The van der Waals surface area contributed by atoms with E-state index < -0.39 is 20.9 Å². The SMILES string of the molecule is COc1ccc(S(=O)(=O)N2CCC(C(=O)Nc3cccc([N+](=O)[O-])c3)CC2)cc1OC. The van der Waals surface area contributed by atoms with Gasteiger partial charge in [0.15, 0.2) is 11.5 Å². The highest BCUT2D eigenvalue weighted by atomic mass is 32.2. The van der Waals surface area contributed by atoms with Gasteiger partial charge in [0.2, 0.25) is 15.9 Å². The van der Waals surface area contributed by atoms with Crippen molar-refractivity contribution in [2.24, 2.45) is 5.92 Å². The number of ether oxygens (including phenoxy) is 2. The summed E-state index contributed by atoms with van der Waals surface area (Å²) >= 11 is 0. The number of non-ortho nitro benzene ring substituents is 1. The van der Waals surface area contributed by atoms with E-state index in [4.69, 9.17) is 9.47 Å². The first-order chi connectivity index (χ1) is 14.8. The van der Waals surface area contributed by atoms with Crippen molar-refractivity contribution in [3.05, 3.63) is 52.6 Å². The van der Waals surface area contributed by atoms with Crippen LogP contribution in [0.4, 0.5) is 11.4 Å². The Kier molecular flexibility index (Phi) is 6.76. The van der Waals surface area contributed by atoms with Crippen molar-refractivity contribution in [3.8, 4) is 11.5 Å². The summed E-state index contributed by atoms with van der Waals surface area (Å²) in [4.78, 5) is 23.0. The number of hydrogen-bond acceptors (Lipinski definition) is 7. The lowest BCUT2D eigenvalue weighted by atomic mass is 9.97. The second kappa shape index (κ2) is 9.31. The third-order valence-electron chi connectivity index (χ3n) is 5.14. The zero-order valence-electron chi connectivity index (χ0n) is 17.1. The fourth-order valence-electron chi connectivity index (χ4n) is 3.43. The first-order valence-corrected chi connectivity index (χ1v) is 11.0. The number of rotatable bonds is 7. The molecule has 1 saturated heterocycles. The van der Waals surface area contributed by atoms with Crippen LogP contribution in [0.1, 0.15) is 12.8 Å². The van der Waals surface area contributed by atoms with Crippen molar-refractivity contribution in [1.82, 2.24) is 4.31 Å². The number of sulfonamides is 1. The molecule has 0 radical (unpaired) electrons. The molecule has 1 N–H and O–H groups in total. The standard InChI is InChI=1S/C20H23N3O7S/c1-29-18-7-6-17(13-19(18)30-2)31(27,28)22-10-8-14(9-11-22)20(24)21-15-4-3-5-16(12-15)23(25)26/h3-7,12-14H,8-11H2,1-2H3,(H,21,24). The molecule has 0 aliphatic carbocycles. The van der Waals surface area contributed by atoms with E-state index in [0.717, 1.165) is 0 Å². The Labute approximate surface area is 180 Å². The van der Waals surface area contributed by atoms with Crippen LogP contribution in [0.2, 0.25) is 0 Å². The average Bonchev–Trinajstić information content (AvgIpc) is 2.78. The Morgan fingerprint density at radius 2 is 1.77 bits per heavy atom. The summed E-state index contributed by atoms with van der Waals surface area (Å²) in [7, 11) is -0.854. The van der Waals surface area contributed by atoms with Gasteiger partial charge in [0.05, 0.1) is 24.0 Å².